The van der Waals surface area contributed by atoms with Crippen molar-refractivity contribution in [1.29, 1.82) is 0 Å². The van der Waals surface area contributed by atoms with Gasteiger partial charge in [0.2, 0.25) is 0 Å². The molecule has 11 rings (SSSR count). The number of rotatable bonds is 3. The zero-order chi connectivity index (χ0) is 40.4. The van der Waals surface area contributed by atoms with Gasteiger partial charge in [-0.3, -0.25) is 0 Å². The average Bonchev–Trinajstić information content (AvgIpc) is 3.66. The third-order valence-electron chi connectivity index (χ3n) is 10.3. The van der Waals surface area contributed by atoms with Gasteiger partial charge in [-0.25, -0.2) is 0 Å². The van der Waals surface area contributed by atoms with Gasteiger partial charge >= 0.3 is 0 Å². The molecule has 10 aromatic carbocycles. The van der Waals surface area contributed by atoms with Gasteiger partial charge in [-0.05, 0) is 118 Å². The fourth-order valence-corrected chi connectivity index (χ4v) is 7.93. The predicted molar refractivity (Wildman–Crippen MR) is 218 cm³/mol. The second kappa shape index (κ2) is 10.9. The fourth-order valence-electron chi connectivity index (χ4n) is 7.93. The minimum absolute atomic E-state index is 0.190. The molecular weight excluding hydrogens is 617 g/mol. The molecule has 0 unspecified atom stereocenters. The highest BCUT2D eigenvalue weighted by Crippen LogP contribution is 2.46. The van der Waals surface area contributed by atoms with Crippen molar-refractivity contribution >= 4 is 75.8 Å². The van der Waals surface area contributed by atoms with Crippen LogP contribution in [-0.2, 0) is 0 Å². The molecule has 1 heteroatoms. The van der Waals surface area contributed by atoms with Crippen LogP contribution < -0.4 is 0 Å². The maximum absolute atomic E-state index is 9.40. The molecule has 0 bridgehead atoms. The van der Waals surface area contributed by atoms with Crippen LogP contribution in [0.2, 0.25) is 0 Å². The Morgan fingerprint density at radius 2 is 0.922 bits per heavy atom. The van der Waals surface area contributed by atoms with E-state index in [-0.39, 0.29) is 45.7 Å². The Labute approximate surface area is 305 Å². The number of fused-ring (bicyclic) bond motifs is 9. The van der Waals surface area contributed by atoms with E-state index in [1.54, 1.807) is 0 Å². The predicted octanol–water partition coefficient (Wildman–Crippen LogP) is 14.4. The Morgan fingerprint density at radius 3 is 1.69 bits per heavy atom. The molecule has 1 nitrogen and oxygen atoms in total. The van der Waals surface area contributed by atoms with Gasteiger partial charge in [0.15, 0.2) is 0 Å². The highest BCUT2D eigenvalue weighted by molar-refractivity contribution is 6.24. The fraction of sp³-hybridized carbons (Fsp3) is 0. The lowest BCUT2D eigenvalue weighted by Gasteiger charge is -2.19. The van der Waals surface area contributed by atoms with Crippen molar-refractivity contribution in [1.82, 2.24) is 0 Å². The Hall–Kier alpha value is -6.70. The molecule has 236 valence electrons. The van der Waals surface area contributed by atoms with Gasteiger partial charge < -0.3 is 4.42 Å². The highest BCUT2D eigenvalue weighted by Gasteiger charge is 2.18. The first-order valence-corrected chi connectivity index (χ1v) is 16.9. The van der Waals surface area contributed by atoms with Crippen molar-refractivity contribution in [3.8, 4) is 33.4 Å². The number of hydrogen-bond donors (Lipinski definition) is 0. The first-order valence-electron chi connectivity index (χ1n) is 20.9. The van der Waals surface area contributed by atoms with Crippen LogP contribution in [0, 0.1) is 0 Å². The summed E-state index contributed by atoms with van der Waals surface area (Å²) in [5.74, 6) is 0. The van der Waals surface area contributed by atoms with E-state index in [0.717, 1.165) is 65.4 Å². The molecule has 0 atom stereocenters. The molecule has 51 heavy (non-hydrogen) atoms. The van der Waals surface area contributed by atoms with Gasteiger partial charge in [-0.1, -0.05) is 151 Å². The normalized spacial score (nSPS) is 14.1. The van der Waals surface area contributed by atoms with E-state index in [1.807, 2.05) is 84.9 Å². The third-order valence-corrected chi connectivity index (χ3v) is 10.3. The van der Waals surface area contributed by atoms with E-state index in [0.29, 0.717) is 22.3 Å². The van der Waals surface area contributed by atoms with Gasteiger partial charge in [-0.2, -0.15) is 0 Å². The molecule has 0 aliphatic heterocycles. The topological polar surface area (TPSA) is 13.1 Å². The van der Waals surface area contributed by atoms with Crippen molar-refractivity contribution in [2.75, 3.05) is 0 Å². The molecule has 1 aromatic heterocycles. The molecule has 0 aliphatic carbocycles. The molecule has 11 aromatic rings. The van der Waals surface area contributed by atoms with E-state index in [4.69, 9.17) is 9.90 Å². The Bertz CT molecular complexity index is 3580. The minimum Gasteiger partial charge on any atom is -0.456 e. The SMILES string of the molecule is [2H]c1c([2H])c([2H])c2c(-c3cccc4ccccc34)c3c([2H])c([2H])c([2H])c([2H])c3c(-c3ccc4ccc(-c5ccc6c(c5)oc5ccc7ccccc7c56)cc4c3)c2c1[2H]. The number of benzene rings is 10. The third kappa shape index (κ3) is 4.28. The van der Waals surface area contributed by atoms with Crippen LogP contribution in [0.5, 0.6) is 0 Å². The summed E-state index contributed by atoms with van der Waals surface area (Å²) >= 11 is 0. The standard InChI is InChI=1S/C50H30O/c1-3-13-38-32(10-1)12-9-19-40(38)49-43-17-7-5-15-41(43)48(42-16-6-8-18-44(42)49)36-23-21-31-20-22-34(28-37(31)29-36)35-24-26-45-47(30-35)51-46-27-25-33-11-2-4-14-39(33)50(45)46/h1-30H/i5D,6D,7D,8D,15D,16D,17D,18D. The molecule has 0 N–H and O–H groups in total. The molecule has 1 heterocycles. The molecule has 0 spiro atoms. The average molecular weight is 655 g/mol. The summed E-state index contributed by atoms with van der Waals surface area (Å²) in [4.78, 5) is 0. The lowest BCUT2D eigenvalue weighted by atomic mass is 9.84. The van der Waals surface area contributed by atoms with Gasteiger partial charge in [0.1, 0.15) is 11.2 Å². The van der Waals surface area contributed by atoms with E-state index >= 15 is 0 Å². The molecule has 0 saturated carbocycles. The number of furan rings is 1. The molecule has 0 radical (unpaired) electrons. The van der Waals surface area contributed by atoms with Crippen LogP contribution >= 0.6 is 0 Å². The van der Waals surface area contributed by atoms with E-state index in [1.165, 1.54) is 0 Å². The van der Waals surface area contributed by atoms with Crippen LogP contribution in [0.4, 0.5) is 0 Å². The summed E-state index contributed by atoms with van der Waals surface area (Å²) in [6.07, 6.45) is 0. The van der Waals surface area contributed by atoms with E-state index < -0.39 is 24.2 Å². The van der Waals surface area contributed by atoms with Crippen molar-refractivity contribution in [3.05, 3.63) is 182 Å². The van der Waals surface area contributed by atoms with E-state index in [2.05, 4.69) is 48.5 Å². The smallest absolute Gasteiger partial charge is 0.136 e. The Morgan fingerprint density at radius 1 is 0.353 bits per heavy atom. The second-order valence-corrected chi connectivity index (χ2v) is 13.0. The first kappa shape index (κ1) is 21.4. The molecule has 0 amide bonds. The van der Waals surface area contributed by atoms with Crippen molar-refractivity contribution in [3.63, 3.8) is 0 Å². The maximum atomic E-state index is 9.40. The zero-order valence-corrected chi connectivity index (χ0v) is 27.1. The Kier molecular flexibility index (Phi) is 4.57. The zero-order valence-electron chi connectivity index (χ0n) is 35.1. The van der Waals surface area contributed by atoms with Gasteiger partial charge in [0.25, 0.3) is 0 Å². The van der Waals surface area contributed by atoms with E-state index in [9.17, 15) is 5.48 Å². The van der Waals surface area contributed by atoms with Gasteiger partial charge in [-0.15, -0.1) is 0 Å². The highest BCUT2D eigenvalue weighted by atomic mass is 16.3. The first-order chi connectivity index (χ1) is 28.6. The van der Waals surface area contributed by atoms with Gasteiger partial charge in [0, 0.05) is 10.8 Å². The number of hydrogen-bond acceptors (Lipinski definition) is 1. The van der Waals surface area contributed by atoms with Crippen LogP contribution in [-0.4, -0.2) is 0 Å². The quantitative estimate of drug-likeness (QED) is 0.173. The summed E-state index contributed by atoms with van der Waals surface area (Å²) in [6, 6.07) is 41.0. The van der Waals surface area contributed by atoms with Crippen molar-refractivity contribution in [2.24, 2.45) is 0 Å². The van der Waals surface area contributed by atoms with Crippen molar-refractivity contribution < 1.29 is 15.4 Å². The largest absolute Gasteiger partial charge is 0.456 e. The van der Waals surface area contributed by atoms with Crippen LogP contribution in [0.1, 0.15) is 11.0 Å². The lowest BCUT2D eigenvalue weighted by Crippen LogP contribution is -1.91. The summed E-state index contributed by atoms with van der Waals surface area (Å²) in [7, 11) is 0. The molecule has 0 saturated heterocycles. The summed E-state index contributed by atoms with van der Waals surface area (Å²) in [6.45, 7) is 0. The summed E-state index contributed by atoms with van der Waals surface area (Å²) < 4.78 is 79.3. The van der Waals surface area contributed by atoms with Crippen molar-refractivity contribution in [2.45, 2.75) is 0 Å². The van der Waals surface area contributed by atoms with Crippen LogP contribution in [0.3, 0.4) is 0 Å². The van der Waals surface area contributed by atoms with Gasteiger partial charge in [0.05, 0.1) is 11.0 Å². The molecular formula is C50H30O. The molecule has 0 fully saturated rings. The summed E-state index contributed by atoms with van der Waals surface area (Å²) in [5, 5.41) is 8.61. The van der Waals surface area contributed by atoms with Crippen LogP contribution in [0.25, 0.3) is 109 Å². The monoisotopic (exact) mass is 654 g/mol. The lowest BCUT2D eigenvalue weighted by molar-refractivity contribution is 0.669. The molecule has 0 aliphatic rings. The summed E-state index contributed by atoms with van der Waals surface area (Å²) in [5.41, 5.74) is 5.31. The van der Waals surface area contributed by atoms with Crippen LogP contribution in [0.15, 0.2) is 186 Å². The minimum atomic E-state index is -0.426. The maximum Gasteiger partial charge on any atom is 0.136 e. The Balaban J connectivity index is 1.20. The second-order valence-electron chi connectivity index (χ2n) is 13.0.